The molecular weight excluding hydrogens is 287 g/mol. The number of hydrogen-bond acceptors (Lipinski definition) is 4. The molecule has 116 valence electrons. The normalized spacial score (nSPS) is 17.2. The number of aliphatic imine (C=N–C) groups is 1. The van der Waals surface area contributed by atoms with Crippen LogP contribution in [0.15, 0.2) is 23.2 Å². The zero-order valence-corrected chi connectivity index (χ0v) is 13.7. The summed E-state index contributed by atoms with van der Waals surface area (Å²) in [5.74, 6) is 1.00. The van der Waals surface area contributed by atoms with Crippen molar-refractivity contribution in [3.05, 3.63) is 24.0 Å². The summed E-state index contributed by atoms with van der Waals surface area (Å²) >= 11 is 1.72. The molecular formula is C16H23FN2OS. The highest BCUT2D eigenvalue weighted by Gasteiger charge is 2.30. The molecule has 0 bridgehead atoms. The van der Waals surface area contributed by atoms with E-state index in [9.17, 15) is 4.39 Å². The summed E-state index contributed by atoms with van der Waals surface area (Å²) in [6.45, 7) is 7.59. The smallest absolute Gasteiger partial charge is 0.167 e. The Hall–Kier alpha value is -1.23. The number of amidine groups is 1. The molecule has 5 heteroatoms. The molecule has 1 aliphatic heterocycles. The summed E-state index contributed by atoms with van der Waals surface area (Å²) in [5, 5.41) is 4.07. The molecule has 1 aromatic rings. The summed E-state index contributed by atoms with van der Waals surface area (Å²) in [6.07, 6.45) is 2.29. The minimum atomic E-state index is -0.347. The van der Waals surface area contributed by atoms with Crippen molar-refractivity contribution in [2.24, 2.45) is 10.4 Å². The van der Waals surface area contributed by atoms with E-state index in [2.05, 4.69) is 24.2 Å². The lowest BCUT2D eigenvalue weighted by Gasteiger charge is -2.33. The van der Waals surface area contributed by atoms with Gasteiger partial charge in [-0.2, -0.15) is 0 Å². The Morgan fingerprint density at radius 2 is 2.10 bits per heavy atom. The number of nitrogens with one attached hydrogen (secondary N) is 1. The zero-order chi connectivity index (χ0) is 15.3. The van der Waals surface area contributed by atoms with Gasteiger partial charge in [0, 0.05) is 24.1 Å². The van der Waals surface area contributed by atoms with Crippen LogP contribution in [0.1, 0.15) is 33.6 Å². The van der Waals surface area contributed by atoms with Gasteiger partial charge in [-0.15, -0.1) is 0 Å². The number of thioether (sulfide) groups is 1. The van der Waals surface area contributed by atoms with E-state index in [1.54, 1.807) is 17.8 Å². The number of rotatable bonds is 5. The maximum absolute atomic E-state index is 13.8. The van der Waals surface area contributed by atoms with E-state index in [4.69, 9.17) is 4.74 Å². The number of anilines is 1. The third-order valence-corrected chi connectivity index (χ3v) is 5.32. The molecule has 0 radical (unpaired) electrons. The Labute approximate surface area is 130 Å². The fraction of sp³-hybridized carbons (Fsp3) is 0.562. The predicted molar refractivity (Wildman–Crippen MR) is 89.0 cm³/mol. The molecule has 0 fully saturated rings. The van der Waals surface area contributed by atoms with Gasteiger partial charge in [0.2, 0.25) is 0 Å². The molecule has 0 aliphatic carbocycles. The highest BCUT2D eigenvalue weighted by Crippen LogP contribution is 2.35. The first-order chi connectivity index (χ1) is 10.1. The van der Waals surface area contributed by atoms with Gasteiger partial charge in [0.1, 0.15) is 0 Å². The Morgan fingerprint density at radius 3 is 2.62 bits per heavy atom. The Morgan fingerprint density at radius 1 is 1.33 bits per heavy atom. The van der Waals surface area contributed by atoms with Crippen LogP contribution in [-0.4, -0.2) is 24.1 Å². The van der Waals surface area contributed by atoms with Crippen molar-refractivity contribution in [1.82, 2.24) is 0 Å². The molecule has 1 N–H and O–H groups in total. The lowest BCUT2D eigenvalue weighted by Crippen LogP contribution is -2.32. The van der Waals surface area contributed by atoms with Crippen molar-refractivity contribution in [2.75, 3.05) is 24.2 Å². The van der Waals surface area contributed by atoms with E-state index >= 15 is 0 Å². The van der Waals surface area contributed by atoms with Gasteiger partial charge in [-0.05, 0) is 37.3 Å². The fourth-order valence-corrected chi connectivity index (χ4v) is 3.57. The van der Waals surface area contributed by atoms with Crippen LogP contribution < -0.4 is 10.1 Å². The molecule has 21 heavy (non-hydrogen) atoms. The topological polar surface area (TPSA) is 33.6 Å². The lowest BCUT2D eigenvalue weighted by molar-refractivity contribution is 0.318. The Kier molecular flexibility index (Phi) is 5.51. The molecule has 0 saturated heterocycles. The van der Waals surface area contributed by atoms with Crippen LogP contribution in [0.5, 0.6) is 5.75 Å². The molecule has 0 amide bonds. The average Bonchev–Trinajstić information content (AvgIpc) is 2.51. The monoisotopic (exact) mass is 310 g/mol. The van der Waals surface area contributed by atoms with Crippen molar-refractivity contribution in [2.45, 2.75) is 33.6 Å². The second-order valence-corrected chi connectivity index (χ2v) is 6.28. The van der Waals surface area contributed by atoms with Crippen molar-refractivity contribution >= 4 is 22.6 Å². The van der Waals surface area contributed by atoms with Gasteiger partial charge >= 0.3 is 0 Å². The van der Waals surface area contributed by atoms with Crippen LogP contribution >= 0.6 is 11.8 Å². The van der Waals surface area contributed by atoms with E-state index in [-0.39, 0.29) is 11.6 Å². The predicted octanol–water partition coefficient (Wildman–Crippen LogP) is 4.55. The summed E-state index contributed by atoms with van der Waals surface area (Å²) in [6, 6.07) is 4.92. The molecule has 1 aliphatic rings. The lowest BCUT2D eigenvalue weighted by atomic mass is 9.84. The minimum Gasteiger partial charge on any atom is -0.491 e. The summed E-state index contributed by atoms with van der Waals surface area (Å²) in [4.78, 5) is 4.62. The summed E-state index contributed by atoms with van der Waals surface area (Å²) < 4.78 is 19.0. The number of halogens is 1. The van der Waals surface area contributed by atoms with Crippen LogP contribution in [0.3, 0.4) is 0 Å². The SMILES string of the molecule is CCOc1ccc(NC2=NCC(CC)(CC)CS2)cc1F. The van der Waals surface area contributed by atoms with Gasteiger partial charge in [-0.25, -0.2) is 4.39 Å². The number of ether oxygens (including phenoxy) is 1. The van der Waals surface area contributed by atoms with Crippen LogP contribution in [-0.2, 0) is 0 Å². The molecule has 2 rings (SSSR count). The maximum atomic E-state index is 13.8. The van der Waals surface area contributed by atoms with Gasteiger partial charge < -0.3 is 10.1 Å². The van der Waals surface area contributed by atoms with Crippen LogP contribution in [0.4, 0.5) is 10.1 Å². The van der Waals surface area contributed by atoms with Crippen molar-refractivity contribution in [3.63, 3.8) is 0 Å². The summed E-state index contributed by atoms with van der Waals surface area (Å²) in [5.41, 5.74) is 1.03. The number of nitrogens with zero attached hydrogens (tertiary/aromatic N) is 1. The summed E-state index contributed by atoms with van der Waals surface area (Å²) in [7, 11) is 0. The standard InChI is InChI=1S/C16H23FN2OS/c1-4-16(5-2)10-18-15(21-11-16)19-12-7-8-14(20-6-3)13(17)9-12/h7-9H,4-6,10-11H2,1-3H3,(H,18,19). The van der Waals surface area contributed by atoms with Crippen LogP contribution in [0.2, 0.25) is 0 Å². The van der Waals surface area contributed by atoms with Crippen molar-refractivity contribution in [1.29, 1.82) is 0 Å². The van der Waals surface area contributed by atoms with E-state index < -0.39 is 0 Å². The van der Waals surface area contributed by atoms with Crippen LogP contribution in [0.25, 0.3) is 0 Å². The van der Waals surface area contributed by atoms with Crippen LogP contribution in [0, 0.1) is 11.2 Å². The third kappa shape index (κ3) is 3.90. The van der Waals surface area contributed by atoms with E-state index in [1.807, 2.05) is 13.0 Å². The zero-order valence-electron chi connectivity index (χ0n) is 12.9. The average molecular weight is 310 g/mol. The molecule has 1 heterocycles. The van der Waals surface area contributed by atoms with E-state index in [0.29, 0.717) is 17.7 Å². The Bertz CT molecular complexity index is 515. The van der Waals surface area contributed by atoms with Gasteiger partial charge in [0.25, 0.3) is 0 Å². The van der Waals surface area contributed by atoms with Crippen molar-refractivity contribution < 1.29 is 9.13 Å². The highest BCUT2D eigenvalue weighted by molar-refractivity contribution is 8.14. The highest BCUT2D eigenvalue weighted by atomic mass is 32.2. The third-order valence-electron chi connectivity index (χ3n) is 4.06. The first kappa shape index (κ1) is 16.1. The second-order valence-electron chi connectivity index (χ2n) is 5.32. The number of hydrogen-bond donors (Lipinski definition) is 1. The first-order valence-corrected chi connectivity index (χ1v) is 8.47. The Balaban J connectivity index is 2.03. The van der Waals surface area contributed by atoms with Gasteiger partial charge in [0.15, 0.2) is 16.7 Å². The largest absolute Gasteiger partial charge is 0.491 e. The molecule has 0 spiro atoms. The number of benzene rings is 1. The minimum absolute atomic E-state index is 0.289. The van der Waals surface area contributed by atoms with Crippen molar-refractivity contribution in [3.8, 4) is 5.75 Å². The molecule has 0 atom stereocenters. The van der Waals surface area contributed by atoms with Gasteiger partial charge in [-0.1, -0.05) is 25.6 Å². The van der Waals surface area contributed by atoms with Gasteiger partial charge in [0.05, 0.1) is 6.61 Å². The molecule has 0 aromatic heterocycles. The molecule has 0 unspecified atom stereocenters. The van der Waals surface area contributed by atoms with E-state index in [0.717, 1.165) is 30.3 Å². The van der Waals surface area contributed by atoms with Gasteiger partial charge in [-0.3, -0.25) is 4.99 Å². The second kappa shape index (κ2) is 7.16. The quantitative estimate of drug-likeness (QED) is 0.866. The molecule has 1 aromatic carbocycles. The first-order valence-electron chi connectivity index (χ1n) is 7.49. The fourth-order valence-electron chi connectivity index (χ4n) is 2.28. The molecule has 0 saturated carbocycles. The molecule has 3 nitrogen and oxygen atoms in total. The maximum Gasteiger partial charge on any atom is 0.167 e. The van der Waals surface area contributed by atoms with E-state index in [1.165, 1.54) is 6.07 Å².